The summed E-state index contributed by atoms with van der Waals surface area (Å²) in [5, 5.41) is 7.52. The lowest BCUT2D eigenvalue weighted by atomic mass is 10.1. The number of H-pyrrole nitrogens is 1. The van der Waals surface area contributed by atoms with Crippen LogP contribution in [0.4, 0.5) is 0 Å². The van der Waals surface area contributed by atoms with Gasteiger partial charge >= 0.3 is 0 Å². The van der Waals surface area contributed by atoms with Gasteiger partial charge < -0.3 is 14.4 Å². The highest BCUT2D eigenvalue weighted by molar-refractivity contribution is 6.04. The number of aromatic nitrogens is 2. The number of amides is 1. The summed E-state index contributed by atoms with van der Waals surface area (Å²) in [5.74, 6) is 1.39. The van der Waals surface area contributed by atoms with E-state index in [1.807, 2.05) is 24.3 Å². The van der Waals surface area contributed by atoms with Gasteiger partial charge in [-0.25, -0.2) is 5.10 Å². The number of carbonyl (C=O) groups is 1. The van der Waals surface area contributed by atoms with Gasteiger partial charge in [0.15, 0.2) is 5.69 Å². The molecule has 0 atom stereocenters. The second-order valence-corrected chi connectivity index (χ2v) is 7.11. The highest BCUT2D eigenvalue weighted by Crippen LogP contribution is 2.19. The SMILES string of the molecule is COc1cccc(OCCN2CCN(C(=O)c3n[nH]c(=O)c4ccccc34)CC2)c1. The maximum Gasteiger partial charge on any atom is 0.275 e. The number of ether oxygens (including phenoxy) is 2. The van der Waals surface area contributed by atoms with Crippen LogP contribution in [-0.2, 0) is 0 Å². The minimum Gasteiger partial charge on any atom is -0.497 e. The van der Waals surface area contributed by atoms with Crippen molar-refractivity contribution < 1.29 is 14.3 Å². The zero-order chi connectivity index (χ0) is 20.9. The van der Waals surface area contributed by atoms with E-state index in [2.05, 4.69) is 15.1 Å². The van der Waals surface area contributed by atoms with Gasteiger partial charge in [0.2, 0.25) is 0 Å². The molecule has 8 heteroatoms. The molecule has 2 aromatic carbocycles. The molecule has 1 aromatic heterocycles. The molecule has 0 bridgehead atoms. The van der Waals surface area contributed by atoms with E-state index in [9.17, 15) is 9.59 Å². The first-order chi connectivity index (χ1) is 14.7. The van der Waals surface area contributed by atoms with Crippen molar-refractivity contribution in [2.24, 2.45) is 0 Å². The van der Waals surface area contributed by atoms with Crippen LogP contribution in [0.5, 0.6) is 11.5 Å². The summed E-state index contributed by atoms with van der Waals surface area (Å²) in [6.45, 7) is 4.07. The smallest absolute Gasteiger partial charge is 0.275 e. The molecule has 1 N–H and O–H groups in total. The van der Waals surface area contributed by atoms with Crippen LogP contribution >= 0.6 is 0 Å². The Morgan fingerprint density at radius 1 is 1.03 bits per heavy atom. The summed E-state index contributed by atoms with van der Waals surface area (Å²) in [5.41, 5.74) is 0.00279. The van der Waals surface area contributed by atoms with E-state index < -0.39 is 0 Å². The molecule has 1 saturated heterocycles. The maximum atomic E-state index is 13.0. The molecule has 0 spiro atoms. The topological polar surface area (TPSA) is 87.8 Å². The van der Waals surface area contributed by atoms with Gasteiger partial charge in [-0.2, -0.15) is 5.10 Å². The Balaban J connectivity index is 1.32. The van der Waals surface area contributed by atoms with Gasteiger partial charge in [-0.15, -0.1) is 0 Å². The summed E-state index contributed by atoms with van der Waals surface area (Å²) < 4.78 is 11.0. The van der Waals surface area contributed by atoms with Crippen molar-refractivity contribution in [1.29, 1.82) is 0 Å². The number of rotatable bonds is 6. The summed E-state index contributed by atoms with van der Waals surface area (Å²) >= 11 is 0. The van der Waals surface area contributed by atoms with E-state index in [-0.39, 0.29) is 11.5 Å². The van der Waals surface area contributed by atoms with Crippen LogP contribution < -0.4 is 15.0 Å². The van der Waals surface area contributed by atoms with E-state index in [0.29, 0.717) is 36.2 Å². The molecule has 1 fully saturated rings. The van der Waals surface area contributed by atoms with Crippen molar-refractivity contribution in [3.05, 3.63) is 64.6 Å². The fourth-order valence-corrected chi connectivity index (χ4v) is 3.59. The molecule has 1 aliphatic rings. The van der Waals surface area contributed by atoms with Crippen LogP contribution in [0.2, 0.25) is 0 Å². The molecular weight excluding hydrogens is 384 g/mol. The number of nitrogens with one attached hydrogen (secondary N) is 1. The van der Waals surface area contributed by atoms with Crippen LogP contribution in [0.1, 0.15) is 10.5 Å². The lowest BCUT2D eigenvalue weighted by Crippen LogP contribution is -2.49. The predicted molar refractivity (Wildman–Crippen MR) is 113 cm³/mol. The lowest BCUT2D eigenvalue weighted by Gasteiger charge is -2.34. The number of hydrogen-bond acceptors (Lipinski definition) is 6. The van der Waals surface area contributed by atoms with Gasteiger partial charge in [-0.3, -0.25) is 14.5 Å². The molecule has 4 rings (SSSR count). The molecule has 2 heterocycles. The number of carbonyl (C=O) groups excluding carboxylic acids is 1. The number of piperazine rings is 1. The van der Waals surface area contributed by atoms with E-state index in [1.54, 1.807) is 36.3 Å². The van der Waals surface area contributed by atoms with Gasteiger partial charge in [0.05, 0.1) is 12.5 Å². The summed E-state index contributed by atoms with van der Waals surface area (Å²) in [7, 11) is 1.63. The second-order valence-electron chi connectivity index (χ2n) is 7.11. The van der Waals surface area contributed by atoms with Crippen LogP contribution in [0, 0.1) is 0 Å². The molecule has 0 unspecified atom stereocenters. The third-order valence-electron chi connectivity index (χ3n) is 5.28. The van der Waals surface area contributed by atoms with Crippen LogP contribution in [-0.4, -0.2) is 72.3 Å². The van der Waals surface area contributed by atoms with Gasteiger partial charge in [-0.05, 0) is 18.2 Å². The highest BCUT2D eigenvalue weighted by Gasteiger charge is 2.24. The van der Waals surface area contributed by atoms with Gasteiger partial charge in [0, 0.05) is 44.2 Å². The normalized spacial score (nSPS) is 14.6. The first-order valence-electron chi connectivity index (χ1n) is 9.91. The zero-order valence-corrected chi connectivity index (χ0v) is 16.8. The Hall–Kier alpha value is -3.39. The van der Waals surface area contributed by atoms with Crippen molar-refractivity contribution in [2.45, 2.75) is 0 Å². The molecule has 1 aliphatic heterocycles. The van der Waals surface area contributed by atoms with Crippen molar-refractivity contribution in [2.75, 3.05) is 46.4 Å². The van der Waals surface area contributed by atoms with E-state index in [1.165, 1.54) is 0 Å². The third kappa shape index (κ3) is 4.28. The summed E-state index contributed by atoms with van der Waals surface area (Å²) in [6, 6.07) is 14.6. The Labute approximate surface area is 174 Å². The van der Waals surface area contributed by atoms with E-state index >= 15 is 0 Å². The van der Waals surface area contributed by atoms with Crippen LogP contribution in [0.25, 0.3) is 10.8 Å². The molecule has 30 heavy (non-hydrogen) atoms. The maximum absolute atomic E-state index is 13.0. The Kier molecular flexibility index (Phi) is 5.94. The summed E-state index contributed by atoms with van der Waals surface area (Å²) in [4.78, 5) is 29.0. The fraction of sp³-hybridized carbons (Fsp3) is 0.318. The minimum atomic E-state index is -0.289. The number of hydrogen-bond donors (Lipinski definition) is 1. The third-order valence-corrected chi connectivity index (χ3v) is 5.28. The van der Waals surface area contributed by atoms with Gasteiger partial charge in [-0.1, -0.05) is 24.3 Å². The Morgan fingerprint density at radius 2 is 1.77 bits per heavy atom. The molecule has 156 valence electrons. The molecule has 0 aliphatic carbocycles. The second kappa shape index (κ2) is 8.96. The van der Waals surface area contributed by atoms with Crippen LogP contribution in [0.15, 0.2) is 53.3 Å². The Morgan fingerprint density at radius 3 is 2.53 bits per heavy atom. The number of fused-ring (bicyclic) bond motifs is 1. The minimum absolute atomic E-state index is 0.158. The zero-order valence-electron chi connectivity index (χ0n) is 16.8. The molecule has 1 amide bonds. The predicted octanol–water partition coefficient (Wildman–Crippen LogP) is 1.77. The fourth-order valence-electron chi connectivity index (χ4n) is 3.59. The van der Waals surface area contributed by atoms with Crippen molar-refractivity contribution in [1.82, 2.24) is 20.0 Å². The first kappa shape index (κ1) is 19.9. The number of methoxy groups -OCH3 is 1. The standard InChI is InChI=1S/C22H24N4O4/c1-29-16-5-4-6-17(15-16)30-14-13-25-9-11-26(12-10-25)22(28)20-18-7-2-3-8-19(18)21(27)24-23-20/h2-8,15H,9-14H2,1H3,(H,24,27). The molecule has 8 nitrogen and oxygen atoms in total. The van der Waals surface area contributed by atoms with E-state index in [4.69, 9.17) is 9.47 Å². The van der Waals surface area contributed by atoms with Crippen molar-refractivity contribution in [3.8, 4) is 11.5 Å². The quantitative estimate of drug-likeness (QED) is 0.669. The first-order valence-corrected chi connectivity index (χ1v) is 9.91. The van der Waals surface area contributed by atoms with Gasteiger partial charge in [0.1, 0.15) is 18.1 Å². The average molecular weight is 408 g/mol. The molecule has 3 aromatic rings. The molecule has 0 radical (unpaired) electrons. The number of benzene rings is 2. The number of nitrogens with zero attached hydrogens (tertiary/aromatic N) is 3. The van der Waals surface area contributed by atoms with Crippen LogP contribution in [0.3, 0.4) is 0 Å². The van der Waals surface area contributed by atoms with Crippen molar-refractivity contribution >= 4 is 16.7 Å². The summed E-state index contributed by atoms with van der Waals surface area (Å²) in [6.07, 6.45) is 0. The van der Waals surface area contributed by atoms with Crippen molar-refractivity contribution in [3.63, 3.8) is 0 Å². The Bertz CT molecular complexity index is 1090. The highest BCUT2D eigenvalue weighted by atomic mass is 16.5. The molecule has 0 saturated carbocycles. The largest absolute Gasteiger partial charge is 0.497 e. The molecular formula is C22H24N4O4. The van der Waals surface area contributed by atoms with E-state index in [0.717, 1.165) is 31.1 Å². The van der Waals surface area contributed by atoms with Gasteiger partial charge in [0.25, 0.3) is 11.5 Å². The lowest BCUT2D eigenvalue weighted by molar-refractivity contribution is 0.0615. The monoisotopic (exact) mass is 408 g/mol. The number of aromatic amines is 1. The average Bonchev–Trinajstić information content (AvgIpc) is 2.80.